The molecule has 180 valence electrons. The number of nitrogens with zero attached hydrogens (tertiary/aromatic N) is 2. The predicted molar refractivity (Wildman–Crippen MR) is 138 cm³/mol. The number of anilines is 3. The van der Waals surface area contributed by atoms with Crippen molar-refractivity contribution in [3.8, 4) is 0 Å². The summed E-state index contributed by atoms with van der Waals surface area (Å²) in [5.41, 5.74) is 9.13. The number of hydrogen-bond acceptors (Lipinski definition) is 4. The van der Waals surface area contributed by atoms with Crippen molar-refractivity contribution in [2.45, 2.75) is 45.3 Å². The second-order valence-corrected chi connectivity index (χ2v) is 8.90. The number of rotatable bonds is 6. The molecule has 3 amide bonds. The molecular weight excluding hydrogens is 440 g/mol. The zero-order valence-corrected chi connectivity index (χ0v) is 20.1. The quantitative estimate of drug-likeness (QED) is 0.554. The van der Waals surface area contributed by atoms with Crippen LogP contribution in [-0.4, -0.2) is 29.8 Å². The molecule has 1 unspecified atom stereocenters. The highest BCUT2D eigenvalue weighted by Crippen LogP contribution is 2.42. The Labute approximate surface area is 205 Å². The first-order valence-corrected chi connectivity index (χ1v) is 11.7. The number of carbonyl (C=O) groups is 3. The molecule has 3 N–H and O–H groups in total. The van der Waals surface area contributed by atoms with Crippen molar-refractivity contribution in [1.29, 1.82) is 0 Å². The highest BCUT2D eigenvalue weighted by Gasteiger charge is 2.38. The van der Waals surface area contributed by atoms with Crippen molar-refractivity contribution in [1.82, 2.24) is 0 Å². The van der Waals surface area contributed by atoms with Crippen LogP contribution in [0.15, 0.2) is 78.9 Å². The van der Waals surface area contributed by atoms with E-state index in [4.69, 9.17) is 5.73 Å². The fourth-order valence-corrected chi connectivity index (χ4v) is 4.67. The molecule has 1 heterocycles. The average Bonchev–Trinajstić information content (AvgIpc) is 2.84. The molecule has 0 spiro atoms. The minimum absolute atomic E-state index is 0.0451. The number of para-hydroxylation sites is 2. The Morgan fingerprint density at radius 2 is 1.60 bits per heavy atom. The summed E-state index contributed by atoms with van der Waals surface area (Å²) in [7, 11) is 0. The molecule has 0 fully saturated rings. The van der Waals surface area contributed by atoms with Crippen LogP contribution in [0.4, 0.5) is 17.1 Å². The summed E-state index contributed by atoms with van der Waals surface area (Å²) in [5, 5.41) is 3.02. The van der Waals surface area contributed by atoms with Gasteiger partial charge >= 0.3 is 0 Å². The van der Waals surface area contributed by atoms with E-state index in [0.29, 0.717) is 17.7 Å². The molecule has 0 radical (unpaired) electrons. The predicted octanol–water partition coefficient (Wildman–Crippen LogP) is 4.51. The molecule has 0 saturated carbocycles. The van der Waals surface area contributed by atoms with Crippen LogP contribution in [0, 0.1) is 0 Å². The minimum Gasteiger partial charge on any atom is -0.374 e. The van der Waals surface area contributed by atoms with E-state index in [2.05, 4.69) is 5.32 Å². The van der Waals surface area contributed by atoms with E-state index >= 15 is 0 Å². The highest BCUT2D eigenvalue weighted by atomic mass is 16.2. The minimum atomic E-state index is -0.517. The lowest BCUT2D eigenvalue weighted by atomic mass is 9.89. The van der Waals surface area contributed by atoms with Gasteiger partial charge in [-0.25, -0.2) is 0 Å². The number of carbonyl (C=O) groups excluding carboxylic acids is 3. The second-order valence-electron chi connectivity index (χ2n) is 8.90. The van der Waals surface area contributed by atoms with Crippen molar-refractivity contribution in [3.05, 3.63) is 90.0 Å². The Morgan fingerprint density at radius 3 is 2.23 bits per heavy atom. The van der Waals surface area contributed by atoms with Gasteiger partial charge in [0.05, 0.1) is 6.04 Å². The van der Waals surface area contributed by atoms with Crippen molar-refractivity contribution < 1.29 is 14.4 Å². The van der Waals surface area contributed by atoms with Gasteiger partial charge in [-0.3, -0.25) is 14.4 Å². The van der Waals surface area contributed by atoms with E-state index in [1.807, 2.05) is 71.3 Å². The first-order valence-electron chi connectivity index (χ1n) is 11.7. The summed E-state index contributed by atoms with van der Waals surface area (Å²) < 4.78 is 0. The zero-order chi connectivity index (χ0) is 25.1. The second kappa shape index (κ2) is 10.0. The van der Waals surface area contributed by atoms with Crippen molar-refractivity contribution in [2.24, 2.45) is 5.73 Å². The summed E-state index contributed by atoms with van der Waals surface area (Å²) in [6, 6.07) is 23.6. The standard InChI is InChI=1S/C28H30N4O3/c1-18-17-26(32(20(3)33)23-9-5-4-6-10-23)24-11-7-8-12-25(24)31(18)28(35)21-13-15-22(16-14-21)30-19(2)27(29)34/h4-16,18-19,26,30H,17H2,1-3H3,(H2,29,34)/t18-,19?,26+/m1/s1. The first kappa shape index (κ1) is 24.0. The van der Waals surface area contributed by atoms with Crippen LogP contribution < -0.4 is 20.9 Å². The van der Waals surface area contributed by atoms with Gasteiger partial charge < -0.3 is 20.9 Å². The summed E-state index contributed by atoms with van der Waals surface area (Å²) in [6.45, 7) is 5.27. The Balaban J connectivity index is 1.66. The van der Waals surface area contributed by atoms with Gasteiger partial charge in [0.25, 0.3) is 5.91 Å². The van der Waals surface area contributed by atoms with Crippen LogP contribution >= 0.6 is 0 Å². The normalized spacial score (nSPS) is 17.7. The Kier molecular flexibility index (Phi) is 6.87. The molecular formula is C28H30N4O3. The molecule has 3 aromatic rings. The van der Waals surface area contributed by atoms with Gasteiger partial charge in [0.15, 0.2) is 0 Å². The van der Waals surface area contributed by atoms with Crippen LogP contribution in [0.1, 0.15) is 49.2 Å². The van der Waals surface area contributed by atoms with Crippen LogP contribution in [0.5, 0.6) is 0 Å². The monoisotopic (exact) mass is 470 g/mol. The molecule has 1 aliphatic heterocycles. The van der Waals surface area contributed by atoms with E-state index in [1.165, 1.54) is 0 Å². The maximum Gasteiger partial charge on any atom is 0.258 e. The first-order chi connectivity index (χ1) is 16.8. The third kappa shape index (κ3) is 4.89. The van der Waals surface area contributed by atoms with Gasteiger partial charge in [-0.05, 0) is 68.3 Å². The zero-order valence-electron chi connectivity index (χ0n) is 20.1. The summed E-state index contributed by atoms with van der Waals surface area (Å²) >= 11 is 0. The van der Waals surface area contributed by atoms with E-state index in [0.717, 1.165) is 16.9 Å². The number of amides is 3. The van der Waals surface area contributed by atoms with Crippen molar-refractivity contribution in [2.75, 3.05) is 15.1 Å². The smallest absolute Gasteiger partial charge is 0.258 e. The van der Waals surface area contributed by atoms with Crippen LogP contribution in [0.3, 0.4) is 0 Å². The third-order valence-corrected chi connectivity index (χ3v) is 6.41. The molecule has 3 aromatic carbocycles. The van der Waals surface area contributed by atoms with Crippen molar-refractivity contribution in [3.63, 3.8) is 0 Å². The topological polar surface area (TPSA) is 95.7 Å². The molecule has 0 aliphatic carbocycles. The number of fused-ring (bicyclic) bond motifs is 1. The summed E-state index contributed by atoms with van der Waals surface area (Å²) in [4.78, 5) is 41.3. The van der Waals surface area contributed by atoms with Crippen LogP contribution in [-0.2, 0) is 9.59 Å². The number of hydrogen-bond donors (Lipinski definition) is 2. The van der Waals surface area contributed by atoms with Gasteiger partial charge in [0.2, 0.25) is 11.8 Å². The molecule has 7 heteroatoms. The molecule has 0 bridgehead atoms. The maximum absolute atomic E-state index is 13.6. The fraction of sp³-hybridized carbons (Fsp3) is 0.250. The number of primary amides is 1. The Hall–Kier alpha value is -4.13. The molecule has 4 rings (SSSR count). The van der Waals surface area contributed by atoms with Crippen LogP contribution in [0.25, 0.3) is 0 Å². The number of nitrogens with two attached hydrogens (primary N) is 1. The lowest BCUT2D eigenvalue weighted by Gasteiger charge is -2.43. The molecule has 1 aliphatic rings. The molecule has 0 aromatic heterocycles. The van der Waals surface area contributed by atoms with Crippen LogP contribution in [0.2, 0.25) is 0 Å². The third-order valence-electron chi connectivity index (χ3n) is 6.41. The summed E-state index contributed by atoms with van der Waals surface area (Å²) in [6.07, 6.45) is 0.604. The molecule has 7 nitrogen and oxygen atoms in total. The van der Waals surface area contributed by atoms with Crippen molar-refractivity contribution >= 4 is 34.8 Å². The van der Waals surface area contributed by atoms with Gasteiger partial charge in [0.1, 0.15) is 6.04 Å². The molecule has 3 atom stereocenters. The van der Waals surface area contributed by atoms with E-state index in [-0.39, 0.29) is 23.9 Å². The Morgan fingerprint density at radius 1 is 0.971 bits per heavy atom. The summed E-state index contributed by atoms with van der Waals surface area (Å²) in [5.74, 6) is -0.614. The fourth-order valence-electron chi connectivity index (χ4n) is 4.67. The lowest BCUT2D eigenvalue weighted by Crippen LogP contribution is -2.47. The van der Waals surface area contributed by atoms with E-state index in [1.54, 1.807) is 38.1 Å². The van der Waals surface area contributed by atoms with Gasteiger partial charge in [-0.15, -0.1) is 0 Å². The highest BCUT2D eigenvalue weighted by molar-refractivity contribution is 6.07. The Bertz CT molecular complexity index is 1230. The number of nitrogens with one attached hydrogen (secondary N) is 1. The lowest BCUT2D eigenvalue weighted by molar-refractivity contribution is -0.118. The molecule has 0 saturated heterocycles. The molecule has 35 heavy (non-hydrogen) atoms. The largest absolute Gasteiger partial charge is 0.374 e. The SMILES string of the molecule is CC(=O)N(c1ccccc1)[C@H]1C[C@@H](C)N(C(=O)c2ccc(NC(C)C(N)=O)cc2)c2ccccc21. The maximum atomic E-state index is 13.6. The average molecular weight is 471 g/mol. The van der Waals surface area contributed by atoms with Gasteiger partial charge in [-0.2, -0.15) is 0 Å². The van der Waals surface area contributed by atoms with E-state index < -0.39 is 11.9 Å². The van der Waals surface area contributed by atoms with E-state index in [9.17, 15) is 14.4 Å². The van der Waals surface area contributed by atoms with Gasteiger partial charge in [-0.1, -0.05) is 36.4 Å². The van der Waals surface area contributed by atoms with Gasteiger partial charge in [0, 0.05) is 35.6 Å². The number of benzene rings is 3.